The average molecular weight is 238 g/mol. The van der Waals surface area contributed by atoms with Gasteiger partial charge in [0, 0.05) is 6.08 Å². The second-order valence-corrected chi connectivity index (χ2v) is 4.17. The largest absolute Gasteiger partial charge is 0.478 e. The Hall–Kier alpha value is -2.35. The summed E-state index contributed by atoms with van der Waals surface area (Å²) in [6.45, 7) is 2.05. The zero-order valence-electron chi connectivity index (χ0n) is 10.1. The molecule has 2 nitrogen and oxygen atoms in total. The number of aliphatic carboxylic acids is 1. The van der Waals surface area contributed by atoms with E-state index in [1.165, 1.54) is 5.56 Å². The molecule has 0 aliphatic carbocycles. The molecule has 2 rings (SSSR count). The van der Waals surface area contributed by atoms with Crippen LogP contribution in [0.3, 0.4) is 0 Å². The third kappa shape index (κ3) is 3.08. The molecule has 2 aromatic carbocycles. The highest BCUT2D eigenvalue weighted by atomic mass is 16.4. The lowest BCUT2D eigenvalue weighted by Crippen LogP contribution is -1.86. The van der Waals surface area contributed by atoms with E-state index in [0.717, 1.165) is 22.8 Å². The van der Waals surface area contributed by atoms with Crippen molar-refractivity contribution in [2.45, 2.75) is 6.92 Å². The van der Waals surface area contributed by atoms with Crippen molar-refractivity contribution < 1.29 is 9.90 Å². The van der Waals surface area contributed by atoms with Gasteiger partial charge in [-0.15, -0.1) is 0 Å². The predicted molar refractivity (Wildman–Crippen MR) is 73.3 cm³/mol. The minimum Gasteiger partial charge on any atom is -0.478 e. The summed E-state index contributed by atoms with van der Waals surface area (Å²) < 4.78 is 0. The smallest absolute Gasteiger partial charge is 0.328 e. The van der Waals surface area contributed by atoms with Crippen molar-refractivity contribution in [2.24, 2.45) is 0 Å². The molecule has 0 spiro atoms. The van der Waals surface area contributed by atoms with Crippen molar-refractivity contribution in [1.82, 2.24) is 0 Å². The fraction of sp³-hybridized carbons (Fsp3) is 0.0625. The molecule has 0 saturated heterocycles. The number of carboxylic acids is 1. The maximum Gasteiger partial charge on any atom is 0.328 e. The first-order valence-corrected chi connectivity index (χ1v) is 5.73. The van der Waals surface area contributed by atoms with E-state index in [0.29, 0.717) is 0 Å². The molecular formula is C16H14O2. The van der Waals surface area contributed by atoms with Gasteiger partial charge in [0.05, 0.1) is 0 Å². The van der Waals surface area contributed by atoms with Gasteiger partial charge in [0.1, 0.15) is 0 Å². The van der Waals surface area contributed by atoms with Crippen molar-refractivity contribution in [3.8, 4) is 11.1 Å². The van der Waals surface area contributed by atoms with Gasteiger partial charge in [-0.3, -0.25) is 0 Å². The Balaban J connectivity index is 2.35. The molecule has 0 amide bonds. The molecule has 18 heavy (non-hydrogen) atoms. The topological polar surface area (TPSA) is 37.3 Å². The maximum atomic E-state index is 10.5. The third-order valence-electron chi connectivity index (χ3n) is 2.66. The number of carboxylic acid groups (broad SMARTS) is 1. The van der Waals surface area contributed by atoms with Crippen LogP contribution in [-0.2, 0) is 4.79 Å². The van der Waals surface area contributed by atoms with Gasteiger partial charge < -0.3 is 5.11 Å². The number of hydrogen-bond donors (Lipinski definition) is 1. The van der Waals surface area contributed by atoms with Crippen LogP contribution in [-0.4, -0.2) is 11.1 Å². The monoisotopic (exact) mass is 238 g/mol. The van der Waals surface area contributed by atoms with Crippen molar-refractivity contribution >= 4 is 12.0 Å². The van der Waals surface area contributed by atoms with E-state index in [-0.39, 0.29) is 0 Å². The number of aryl methyl sites for hydroxylation is 1. The van der Waals surface area contributed by atoms with Crippen molar-refractivity contribution in [3.05, 3.63) is 65.7 Å². The SMILES string of the molecule is Cc1cccc(-c2cccc(/C=C/C(=O)O)c2)c1. The van der Waals surface area contributed by atoms with Crippen LogP contribution in [0.4, 0.5) is 0 Å². The first-order valence-electron chi connectivity index (χ1n) is 5.73. The first kappa shape index (κ1) is 12.1. The zero-order chi connectivity index (χ0) is 13.0. The molecule has 0 saturated carbocycles. The molecule has 0 unspecified atom stereocenters. The average Bonchev–Trinajstić information content (AvgIpc) is 2.37. The maximum absolute atomic E-state index is 10.5. The highest BCUT2D eigenvalue weighted by Crippen LogP contribution is 2.21. The summed E-state index contributed by atoms with van der Waals surface area (Å²) in [5.41, 5.74) is 4.32. The van der Waals surface area contributed by atoms with Crippen LogP contribution >= 0.6 is 0 Å². The fourth-order valence-electron chi connectivity index (χ4n) is 1.81. The summed E-state index contributed by atoms with van der Waals surface area (Å²) in [4.78, 5) is 10.5. The third-order valence-corrected chi connectivity index (χ3v) is 2.66. The van der Waals surface area contributed by atoms with E-state index < -0.39 is 5.97 Å². The Morgan fingerprint density at radius 2 is 1.72 bits per heavy atom. The number of hydrogen-bond acceptors (Lipinski definition) is 1. The van der Waals surface area contributed by atoms with Crippen LogP contribution in [0.5, 0.6) is 0 Å². The molecule has 0 radical (unpaired) electrons. The van der Waals surface area contributed by atoms with Gasteiger partial charge in [-0.25, -0.2) is 4.79 Å². The van der Waals surface area contributed by atoms with Crippen LogP contribution in [0.1, 0.15) is 11.1 Å². The first-order chi connectivity index (χ1) is 8.65. The van der Waals surface area contributed by atoms with E-state index in [4.69, 9.17) is 5.11 Å². The fourth-order valence-corrected chi connectivity index (χ4v) is 1.81. The van der Waals surface area contributed by atoms with Gasteiger partial charge in [-0.2, -0.15) is 0 Å². The molecular weight excluding hydrogens is 224 g/mol. The molecule has 0 atom stereocenters. The second-order valence-electron chi connectivity index (χ2n) is 4.17. The minimum absolute atomic E-state index is 0.886. The van der Waals surface area contributed by atoms with Crippen molar-refractivity contribution in [1.29, 1.82) is 0 Å². The van der Waals surface area contributed by atoms with Crippen LogP contribution in [0.25, 0.3) is 17.2 Å². The van der Waals surface area contributed by atoms with Crippen LogP contribution in [0.2, 0.25) is 0 Å². The van der Waals surface area contributed by atoms with E-state index >= 15 is 0 Å². The molecule has 0 bridgehead atoms. The molecule has 0 aliphatic heterocycles. The van der Waals surface area contributed by atoms with Gasteiger partial charge in [0.15, 0.2) is 0 Å². The Morgan fingerprint density at radius 1 is 1.06 bits per heavy atom. The van der Waals surface area contributed by atoms with Gasteiger partial charge >= 0.3 is 5.97 Å². The number of rotatable bonds is 3. The molecule has 2 heteroatoms. The summed E-state index contributed by atoms with van der Waals surface area (Å²) in [7, 11) is 0. The lowest BCUT2D eigenvalue weighted by Gasteiger charge is -2.04. The summed E-state index contributed by atoms with van der Waals surface area (Å²) in [5.74, 6) is -0.934. The summed E-state index contributed by atoms with van der Waals surface area (Å²) in [5, 5.41) is 8.61. The minimum atomic E-state index is -0.934. The number of carbonyl (C=O) groups is 1. The molecule has 0 aromatic heterocycles. The Bertz CT molecular complexity index is 598. The lowest BCUT2D eigenvalue weighted by atomic mass is 10.0. The van der Waals surface area contributed by atoms with Crippen LogP contribution in [0, 0.1) is 6.92 Å². The van der Waals surface area contributed by atoms with E-state index in [1.807, 2.05) is 36.4 Å². The van der Waals surface area contributed by atoms with Gasteiger partial charge in [-0.1, -0.05) is 48.0 Å². The van der Waals surface area contributed by atoms with Crippen molar-refractivity contribution in [3.63, 3.8) is 0 Å². The molecule has 0 fully saturated rings. The second kappa shape index (κ2) is 5.32. The summed E-state index contributed by atoms with van der Waals surface area (Å²) >= 11 is 0. The Labute approximate surface area is 106 Å². The molecule has 2 aromatic rings. The summed E-state index contributed by atoms with van der Waals surface area (Å²) in [6, 6.07) is 16.0. The lowest BCUT2D eigenvalue weighted by molar-refractivity contribution is -0.131. The standard InChI is InChI=1S/C16H14O2/c1-12-4-2-6-14(10-12)15-7-3-5-13(11-15)8-9-16(17)18/h2-11H,1H3,(H,17,18)/b9-8+. The van der Waals surface area contributed by atoms with E-state index in [2.05, 4.69) is 19.1 Å². The Morgan fingerprint density at radius 3 is 2.39 bits per heavy atom. The quantitative estimate of drug-likeness (QED) is 0.827. The normalized spacial score (nSPS) is 10.7. The Kier molecular flexibility index (Phi) is 3.58. The molecule has 1 N–H and O–H groups in total. The zero-order valence-corrected chi connectivity index (χ0v) is 10.1. The van der Waals surface area contributed by atoms with Gasteiger partial charge in [0.2, 0.25) is 0 Å². The molecule has 0 aliphatic rings. The van der Waals surface area contributed by atoms with Gasteiger partial charge in [-0.05, 0) is 35.8 Å². The van der Waals surface area contributed by atoms with Crippen molar-refractivity contribution in [2.75, 3.05) is 0 Å². The number of benzene rings is 2. The molecule has 90 valence electrons. The predicted octanol–water partition coefficient (Wildman–Crippen LogP) is 3.76. The van der Waals surface area contributed by atoms with E-state index in [1.54, 1.807) is 6.08 Å². The highest BCUT2D eigenvalue weighted by molar-refractivity contribution is 5.85. The van der Waals surface area contributed by atoms with E-state index in [9.17, 15) is 4.79 Å². The van der Waals surface area contributed by atoms with Crippen LogP contribution in [0.15, 0.2) is 54.6 Å². The van der Waals surface area contributed by atoms with Gasteiger partial charge in [0.25, 0.3) is 0 Å². The van der Waals surface area contributed by atoms with Crippen LogP contribution < -0.4 is 0 Å². The summed E-state index contributed by atoms with van der Waals surface area (Å²) in [6.07, 6.45) is 2.75. The highest BCUT2D eigenvalue weighted by Gasteiger charge is 1.98. The molecule has 0 heterocycles.